The van der Waals surface area contributed by atoms with E-state index in [4.69, 9.17) is 9.97 Å². The summed E-state index contributed by atoms with van der Waals surface area (Å²) >= 11 is 0. The molecule has 0 saturated carbocycles. The van der Waals surface area contributed by atoms with Crippen molar-refractivity contribution < 1.29 is 9.59 Å². The summed E-state index contributed by atoms with van der Waals surface area (Å²) in [6.45, 7) is 8.30. The predicted molar refractivity (Wildman–Crippen MR) is 196 cm³/mol. The summed E-state index contributed by atoms with van der Waals surface area (Å²) in [6.07, 6.45) is 0. The van der Waals surface area contributed by atoms with E-state index in [0.29, 0.717) is 22.5 Å². The fraction of sp³-hybridized carbons (Fsp3) is 0.0952. The molecule has 0 unspecified atom stereocenters. The number of nitrogens with zero attached hydrogens (tertiary/aromatic N) is 2. The number of hydrogen-bond acceptors (Lipinski definition) is 4. The lowest BCUT2D eigenvalue weighted by Gasteiger charge is -2.13. The molecule has 0 atom stereocenters. The predicted octanol–water partition coefficient (Wildman–Crippen LogP) is 9.86. The van der Waals surface area contributed by atoms with Crippen molar-refractivity contribution in [2.45, 2.75) is 27.7 Å². The highest BCUT2D eigenvalue weighted by molar-refractivity contribution is 6.14. The molecule has 2 N–H and O–H groups in total. The molecule has 2 amide bonds. The molecular formula is C42H34N4O2. The fourth-order valence-corrected chi connectivity index (χ4v) is 5.86. The van der Waals surface area contributed by atoms with Gasteiger partial charge in [0.2, 0.25) is 0 Å². The lowest BCUT2D eigenvalue weighted by atomic mass is 10.0. The number of fused-ring (bicyclic) bond motifs is 2. The SMILES string of the molecule is Cc1ccc(-c2cc(C(=O)Nc3ccc(NC(=O)c4cc(-c5ccc(C)c(C)c5)nc5ccccc45)cc3)c3ccccc3n2)cc1C. The van der Waals surface area contributed by atoms with E-state index < -0.39 is 0 Å². The average molecular weight is 627 g/mol. The first-order valence-corrected chi connectivity index (χ1v) is 15.9. The van der Waals surface area contributed by atoms with Crippen LogP contribution in [0.5, 0.6) is 0 Å². The van der Waals surface area contributed by atoms with Crippen LogP contribution in [0.3, 0.4) is 0 Å². The number of carbonyl (C=O) groups excluding carboxylic acids is 2. The number of amides is 2. The Kier molecular flexibility index (Phi) is 7.99. The van der Waals surface area contributed by atoms with Gasteiger partial charge in [-0.3, -0.25) is 9.59 Å². The number of nitrogens with one attached hydrogen (secondary N) is 2. The van der Waals surface area contributed by atoms with Gasteiger partial charge < -0.3 is 10.6 Å². The quantitative estimate of drug-likeness (QED) is 0.192. The van der Waals surface area contributed by atoms with Gasteiger partial charge in [0.05, 0.1) is 33.5 Å². The summed E-state index contributed by atoms with van der Waals surface area (Å²) in [5.74, 6) is -0.477. The van der Waals surface area contributed by atoms with Gasteiger partial charge in [0.25, 0.3) is 11.8 Å². The number of para-hydroxylation sites is 2. The van der Waals surface area contributed by atoms with E-state index in [2.05, 4.69) is 62.6 Å². The number of rotatable bonds is 6. The van der Waals surface area contributed by atoms with Crippen LogP contribution in [0, 0.1) is 27.7 Å². The van der Waals surface area contributed by atoms with Crippen LogP contribution in [0.4, 0.5) is 11.4 Å². The molecule has 0 aliphatic heterocycles. The Bertz CT molecular complexity index is 2210. The number of aromatic nitrogens is 2. The summed E-state index contributed by atoms with van der Waals surface area (Å²) in [6, 6.07) is 38.6. The van der Waals surface area contributed by atoms with Crippen molar-refractivity contribution in [2.24, 2.45) is 0 Å². The van der Waals surface area contributed by atoms with E-state index in [-0.39, 0.29) is 11.8 Å². The van der Waals surface area contributed by atoms with Crippen molar-refractivity contribution in [2.75, 3.05) is 10.6 Å². The molecule has 5 aromatic carbocycles. The molecule has 2 aromatic heterocycles. The van der Waals surface area contributed by atoms with Gasteiger partial charge in [0.15, 0.2) is 0 Å². The molecule has 0 aliphatic rings. The highest BCUT2D eigenvalue weighted by atomic mass is 16.2. The summed E-state index contributed by atoms with van der Waals surface area (Å²) in [4.78, 5) is 37.1. The Hall–Kier alpha value is -6.14. The zero-order valence-corrected chi connectivity index (χ0v) is 27.3. The molecule has 0 fully saturated rings. The van der Waals surface area contributed by atoms with Crippen LogP contribution in [-0.4, -0.2) is 21.8 Å². The number of carbonyl (C=O) groups is 2. The first-order valence-electron chi connectivity index (χ1n) is 15.9. The van der Waals surface area contributed by atoms with Gasteiger partial charge in [-0.2, -0.15) is 0 Å². The maximum absolute atomic E-state index is 13.7. The monoisotopic (exact) mass is 626 g/mol. The molecule has 234 valence electrons. The van der Waals surface area contributed by atoms with Gasteiger partial charge in [-0.15, -0.1) is 0 Å². The molecule has 0 bridgehead atoms. The molecule has 7 rings (SSSR count). The first kappa shape index (κ1) is 30.5. The maximum atomic E-state index is 13.7. The maximum Gasteiger partial charge on any atom is 0.256 e. The summed E-state index contributed by atoms with van der Waals surface area (Å²) in [5, 5.41) is 7.61. The van der Waals surface area contributed by atoms with E-state index in [1.54, 1.807) is 24.3 Å². The molecule has 2 heterocycles. The van der Waals surface area contributed by atoms with Crippen molar-refractivity contribution in [3.63, 3.8) is 0 Å². The van der Waals surface area contributed by atoms with E-state index >= 15 is 0 Å². The van der Waals surface area contributed by atoms with E-state index in [1.165, 1.54) is 22.3 Å². The van der Waals surface area contributed by atoms with Gasteiger partial charge in [-0.05, 0) is 111 Å². The number of pyridine rings is 2. The lowest BCUT2D eigenvalue weighted by molar-refractivity contribution is 0.102. The Morgan fingerprint density at radius 1 is 0.458 bits per heavy atom. The van der Waals surface area contributed by atoms with Crippen molar-refractivity contribution in [3.05, 3.63) is 155 Å². The Morgan fingerprint density at radius 2 is 0.854 bits per heavy atom. The number of aryl methyl sites for hydroxylation is 4. The highest BCUT2D eigenvalue weighted by Gasteiger charge is 2.17. The van der Waals surface area contributed by atoms with Crippen LogP contribution in [0.1, 0.15) is 43.0 Å². The van der Waals surface area contributed by atoms with Gasteiger partial charge in [0, 0.05) is 33.3 Å². The van der Waals surface area contributed by atoms with Gasteiger partial charge in [-0.25, -0.2) is 9.97 Å². The van der Waals surface area contributed by atoms with E-state index in [0.717, 1.165) is 44.3 Å². The first-order chi connectivity index (χ1) is 23.2. The normalized spacial score (nSPS) is 11.1. The second kappa shape index (κ2) is 12.6. The van der Waals surface area contributed by atoms with E-state index in [9.17, 15) is 9.59 Å². The van der Waals surface area contributed by atoms with Gasteiger partial charge in [-0.1, -0.05) is 60.7 Å². The molecule has 48 heavy (non-hydrogen) atoms. The Balaban J connectivity index is 1.13. The average Bonchev–Trinajstić information content (AvgIpc) is 3.10. The minimum Gasteiger partial charge on any atom is -0.322 e. The largest absolute Gasteiger partial charge is 0.322 e. The minimum atomic E-state index is -0.238. The number of benzene rings is 5. The lowest BCUT2D eigenvalue weighted by Crippen LogP contribution is -2.14. The van der Waals surface area contributed by atoms with Crippen molar-refractivity contribution in [3.8, 4) is 22.5 Å². The zero-order valence-electron chi connectivity index (χ0n) is 27.3. The summed E-state index contributed by atoms with van der Waals surface area (Å²) in [7, 11) is 0. The van der Waals surface area contributed by atoms with Gasteiger partial charge >= 0.3 is 0 Å². The fourth-order valence-electron chi connectivity index (χ4n) is 5.86. The third-order valence-corrected chi connectivity index (χ3v) is 8.93. The smallest absolute Gasteiger partial charge is 0.256 e. The summed E-state index contributed by atoms with van der Waals surface area (Å²) < 4.78 is 0. The highest BCUT2D eigenvalue weighted by Crippen LogP contribution is 2.29. The molecule has 6 nitrogen and oxygen atoms in total. The summed E-state index contributed by atoms with van der Waals surface area (Å²) in [5.41, 5.74) is 11.9. The zero-order chi connectivity index (χ0) is 33.4. The molecule has 0 aliphatic carbocycles. The van der Waals surface area contributed by atoms with E-state index in [1.807, 2.05) is 72.8 Å². The topological polar surface area (TPSA) is 84.0 Å². The second-order valence-corrected chi connectivity index (χ2v) is 12.2. The van der Waals surface area contributed by atoms with Gasteiger partial charge in [0.1, 0.15) is 0 Å². The number of hydrogen-bond donors (Lipinski definition) is 2. The van der Waals surface area contributed by atoms with Crippen molar-refractivity contribution >= 4 is 45.0 Å². The Morgan fingerprint density at radius 3 is 1.25 bits per heavy atom. The molecule has 0 radical (unpaired) electrons. The van der Waals surface area contributed by atoms with Crippen molar-refractivity contribution in [1.29, 1.82) is 0 Å². The molecule has 7 aromatic rings. The third kappa shape index (κ3) is 6.04. The van der Waals surface area contributed by atoms with Crippen LogP contribution in [0.25, 0.3) is 44.3 Å². The van der Waals surface area contributed by atoms with Crippen LogP contribution in [0.15, 0.2) is 121 Å². The second-order valence-electron chi connectivity index (χ2n) is 12.2. The molecule has 6 heteroatoms. The van der Waals surface area contributed by atoms with Crippen LogP contribution >= 0.6 is 0 Å². The van der Waals surface area contributed by atoms with Crippen LogP contribution in [-0.2, 0) is 0 Å². The third-order valence-electron chi connectivity index (χ3n) is 8.93. The molecular weight excluding hydrogens is 592 g/mol. The van der Waals surface area contributed by atoms with Crippen LogP contribution < -0.4 is 10.6 Å². The molecule has 0 saturated heterocycles. The number of anilines is 2. The molecule has 0 spiro atoms. The standard InChI is InChI=1S/C42H34N4O2/c1-25-13-15-29(21-27(25)3)39-23-35(33-9-5-7-11-37(33)45-39)41(47)43-31-17-19-32(20-18-31)44-42(48)36-24-40(30-16-14-26(2)28(4)22-30)46-38-12-8-6-10-34(36)38/h5-24H,1-4H3,(H,43,47)(H,44,48). The van der Waals surface area contributed by atoms with Crippen molar-refractivity contribution in [1.82, 2.24) is 9.97 Å². The Labute approximate surface area is 279 Å². The minimum absolute atomic E-state index is 0.238. The van der Waals surface area contributed by atoms with Crippen LogP contribution in [0.2, 0.25) is 0 Å².